The quantitative estimate of drug-likeness (QED) is 0.552. The van der Waals surface area contributed by atoms with E-state index in [1.54, 1.807) is 24.8 Å². The van der Waals surface area contributed by atoms with Crippen molar-refractivity contribution in [1.82, 2.24) is 9.97 Å². The Balaban J connectivity index is 1.33. The highest BCUT2D eigenvalue weighted by Gasteiger charge is 2.36. The summed E-state index contributed by atoms with van der Waals surface area (Å²) in [7, 11) is -1.78. The Morgan fingerprint density at radius 3 is 2.53 bits per heavy atom. The minimum absolute atomic E-state index is 0.0613. The number of rotatable bonds is 8. The van der Waals surface area contributed by atoms with E-state index in [4.69, 9.17) is 4.74 Å². The van der Waals surface area contributed by atoms with Crippen molar-refractivity contribution in [1.29, 1.82) is 0 Å². The van der Waals surface area contributed by atoms with Crippen molar-refractivity contribution in [2.24, 2.45) is 0 Å². The Morgan fingerprint density at radius 2 is 1.90 bits per heavy atom. The molecular weight excluding hydrogens is 424 g/mol. The molecule has 30 heavy (non-hydrogen) atoms. The molecule has 0 saturated heterocycles. The molecule has 1 fully saturated rings. The van der Waals surface area contributed by atoms with E-state index in [0.717, 1.165) is 11.1 Å². The molecule has 1 amide bonds. The molecule has 0 bridgehead atoms. The second-order valence-electron chi connectivity index (χ2n) is 6.88. The maximum Gasteiger partial charge on any atom is 0.237 e. The van der Waals surface area contributed by atoms with E-state index in [1.807, 2.05) is 30.3 Å². The van der Waals surface area contributed by atoms with E-state index in [0.29, 0.717) is 35.2 Å². The number of thiazole rings is 1. The van der Waals surface area contributed by atoms with Crippen molar-refractivity contribution in [3.63, 3.8) is 0 Å². The Labute approximate surface area is 178 Å². The van der Waals surface area contributed by atoms with Crippen molar-refractivity contribution < 1.29 is 17.9 Å². The number of nitrogens with zero attached hydrogens (tertiary/aromatic N) is 2. The van der Waals surface area contributed by atoms with Gasteiger partial charge in [0.15, 0.2) is 5.13 Å². The number of hydrogen-bond donors (Lipinski definition) is 2. The van der Waals surface area contributed by atoms with Crippen molar-refractivity contribution in [2.75, 3.05) is 17.1 Å². The van der Waals surface area contributed by atoms with Gasteiger partial charge in [0.2, 0.25) is 21.8 Å². The summed E-state index contributed by atoms with van der Waals surface area (Å²) in [5.41, 5.74) is 3.09. The van der Waals surface area contributed by atoms with Gasteiger partial charge in [-0.15, -0.1) is 11.3 Å². The van der Waals surface area contributed by atoms with Crippen LogP contribution in [0.15, 0.2) is 48.0 Å². The number of ether oxygens (including phenoxy) is 1. The topological polar surface area (TPSA) is 110 Å². The summed E-state index contributed by atoms with van der Waals surface area (Å²) in [4.78, 5) is 20.7. The van der Waals surface area contributed by atoms with Gasteiger partial charge in [0.1, 0.15) is 0 Å². The fraction of sp³-hybridized carbons (Fsp3) is 0.250. The van der Waals surface area contributed by atoms with Crippen LogP contribution in [0.4, 0.5) is 10.8 Å². The molecule has 4 rings (SSSR count). The van der Waals surface area contributed by atoms with Crippen LogP contribution < -0.4 is 14.8 Å². The van der Waals surface area contributed by atoms with Gasteiger partial charge in [-0.2, -0.15) is 0 Å². The number of hydrogen-bond acceptors (Lipinski definition) is 7. The summed E-state index contributed by atoms with van der Waals surface area (Å²) in [5.74, 6) is 0.323. The van der Waals surface area contributed by atoms with Crippen molar-refractivity contribution in [3.05, 3.63) is 53.7 Å². The normalized spacial score (nSPS) is 13.6. The number of amides is 1. The number of aromatic nitrogens is 2. The van der Waals surface area contributed by atoms with Gasteiger partial charge in [-0.1, -0.05) is 12.1 Å². The molecule has 10 heteroatoms. The summed E-state index contributed by atoms with van der Waals surface area (Å²) in [6, 6.07) is 11.1. The van der Waals surface area contributed by atoms with Gasteiger partial charge in [-0.25, -0.2) is 18.4 Å². The molecule has 1 saturated carbocycles. The number of nitrogens with one attached hydrogen (secondary N) is 2. The third-order valence-electron chi connectivity index (χ3n) is 4.53. The summed E-state index contributed by atoms with van der Waals surface area (Å²) in [6.07, 6.45) is 3.16. The molecule has 1 aromatic carbocycles. The predicted molar refractivity (Wildman–Crippen MR) is 116 cm³/mol. The smallest absolute Gasteiger partial charge is 0.237 e. The molecular formula is C20H20N4O4S2. The van der Waals surface area contributed by atoms with E-state index in [9.17, 15) is 13.2 Å². The van der Waals surface area contributed by atoms with E-state index < -0.39 is 10.0 Å². The number of carbonyl (C=O) groups is 1. The van der Waals surface area contributed by atoms with Crippen molar-refractivity contribution in [3.8, 4) is 17.0 Å². The van der Waals surface area contributed by atoms with Crippen LogP contribution in [0.2, 0.25) is 0 Å². The van der Waals surface area contributed by atoms with Crippen LogP contribution in [0.25, 0.3) is 11.1 Å². The van der Waals surface area contributed by atoms with Gasteiger partial charge < -0.3 is 10.1 Å². The highest BCUT2D eigenvalue weighted by molar-refractivity contribution is 7.93. The molecule has 156 valence electrons. The monoisotopic (exact) mass is 444 g/mol. The van der Waals surface area contributed by atoms with E-state index in [-0.39, 0.29) is 17.6 Å². The van der Waals surface area contributed by atoms with Crippen molar-refractivity contribution >= 4 is 38.1 Å². The molecule has 2 heterocycles. The Morgan fingerprint density at radius 1 is 1.17 bits per heavy atom. The summed E-state index contributed by atoms with van der Waals surface area (Å²) < 4.78 is 31.5. The highest BCUT2D eigenvalue weighted by Crippen LogP contribution is 2.30. The Bertz CT molecular complexity index is 1140. The molecule has 3 aromatic rings. The first-order chi connectivity index (χ1) is 14.4. The Kier molecular flexibility index (Phi) is 5.69. The standard InChI is InChI=1S/C20H20N4O4S2/c1-28-19-9-4-14(11-21-19)13-2-5-15(6-3-13)22-18(25)10-16-12-29-20(23-16)24-30(26,27)17-7-8-17/h2-6,9,11-12,17H,7-8,10H2,1H3,(H,22,25)(H,23,24). The van der Waals surface area contributed by atoms with Crippen LogP contribution >= 0.6 is 11.3 Å². The number of methoxy groups -OCH3 is 1. The molecule has 8 nitrogen and oxygen atoms in total. The lowest BCUT2D eigenvalue weighted by atomic mass is 10.1. The average molecular weight is 445 g/mol. The number of carbonyl (C=O) groups excluding carboxylic acids is 1. The lowest BCUT2D eigenvalue weighted by Gasteiger charge is -2.07. The first-order valence-electron chi connectivity index (χ1n) is 9.29. The highest BCUT2D eigenvalue weighted by atomic mass is 32.2. The van der Waals surface area contributed by atoms with Crippen LogP contribution in [-0.2, 0) is 21.2 Å². The van der Waals surface area contributed by atoms with Crippen LogP contribution in [0.1, 0.15) is 18.5 Å². The largest absolute Gasteiger partial charge is 0.481 e. The number of benzene rings is 1. The molecule has 0 aliphatic heterocycles. The molecule has 1 aliphatic carbocycles. The number of sulfonamides is 1. The van der Waals surface area contributed by atoms with Gasteiger partial charge in [-0.05, 0) is 36.6 Å². The third kappa shape index (κ3) is 4.95. The fourth-order valence-electron chi connectivity index (χ4n) is 2.81. The summed E-state index contributed by atoms with van der Waals surface area (Å²) in [5, 5.41) is 4.49. The van der Waals surface area contributed by atoms with Crippen LogP contribution in [-0.4, -0.2) is 36.7 Å². The van der Waals surface area contributed by atoms with Gasteiger partial charge in [0.05, 0.1) is 24.5 Å². The minimum atomic E-state index is -3.35. The maximum atomic E-state index is 12.3. The molecule has 0 unspecified atom stereocenters. The zero-order valence-electron chi connectivity index (χ0n) is 16.2. The number of pyridine rings is 1. The first kappa shape index (κ1) is 20.3. The fourth-order valence-corrected chi connectivity index (χ4v) is 5.11. The predicted octanol–water partition coefficient (Wildman–Crippen LogP) is 3.30. The van der Waals surface area contributed by atoms with E-state index in [2.05, 4.69) is 20.0 Å². The molecule has 2 aromatic heterocycles. The van der Waals surface area contributed by atoms with E-state index >= 15 is 0 Å². The lowest BCUT2D eigenvalue weighted by Crippen LogP contribution is -2.17. The van der Waals surface area contributed by atoms with Gasteiger partial charge in [-0.3, -0.25) is 9.52 Å². The second kappa shape index (κ2) is 8.41. The number of anilines is 2. The first-order valence-corrected chi connectivity index (χ1v) is 11.7. The third-order valence-corrected chi connectivity index (χ3v) is 7.30. The molecule has 0 atom stereocenters. The molecule has 1 aliphatic rings. The van der Waals surface area contributed by atoms with Crippen molar-refractivity contribution in [2.45, 2.75) is 24.5 Å². The molecule has 2 N–H and O–H groups in total. The summed E-state index contributed by atoms with van der Waals surface area (Å²) in [6.45, 7) is 0. The second-order valence-corrected chi connectivity index (χ2v) is 9.70. The lowest BCUT2D eigenvalue weighted by molar-refractivity contribution is -0.115. The van der Waals surface area contributed by atoms with Gasteiger partial charge >= 0.3 is 0 Å². The zero-order chi connectivity index (χ0) is 21.1. The zero-order valence-corrected chi connectivity index (χ0v) is 17.8. The maximum absolute atomic E-state index is 12.3. The summed E-state index contributed by atoms with van der Waals surface area (Å²) >= 11 is 1.18. The van der Waals surface area contributed by atoms with Crippen LogP contribution in [0.3, 0.4) is 0 Å². The SMILES string of the molecule is COc1ccc(-c2ccc(NC(=O)Cc3csc(NS(=O)(=O)C4CC4)n3)cc2)cn1. The minimum Gasteiger partial charge on any atom is -0.481 e. The van der Waals surface area contributed by atoms with Crippen LogP contribution in [0.5, 0.6) is 5.88 Å². The average Bonchev–Trinajstić information content (AvgIpc) is 3.52. The molecule has 0 radical (unpaired) electrons. The Hall–Kier alpha value is -2.98. The van der Waals surface area contributed by atoms with E-state index in [1.165, 1.54) is 11.3 Å². The van der Waals surface area contributed by atoms with Crippen LogP contribution in [0, 0.1) is 0 Å². The van der Waals surface area contributed by atoms with Gasteiger partial charge in [0, 0.05) is 28.9 Å². The van der Waals surface area contributed by atoms with Gasteiger partial charge in [0.25, 0.3) is 0 Å². The molecule has 0 spiro atoms.